The first-order valence-corrected chi connectivity index (χ1v) is 17.4. The van der Waals surface area contributed by atoms with E-state index in [9.17, 15) is 34.3 Å². The predicted octanol–water partition coefficient (Wildman–Crippen LogP) is 3.00. The average molecular weight is 724 g/mol. The summed E-state index contributed by atoms with van der Waals surface area (Å²) in [6, 6.07) is 5.42. The van der Waals surface area contributed by atoms with Gasteiger partial charge in [0.2, 0.25) is 5.95 Å². The van der Waals surface area contributed by atoms with Crippen LogP contribution >= 0.6 is 0 Å². The van der Waals surface area contributed by atoms with Crippen LogP contribution in [0.3, 0.4) is 0 Å². The number of H-pyrrole nitrogens is 1. The number of esters is 1. The number of aryl methyl sites for hydroxylation is 2. The largest absolute Gasteiger partial charge is 0.480 e. The number of aromatic nitrogens is 4. The van der Waals surface area contributed by atoms with Crippen molar-refractivity contribution in [1.82, 2.24) is 30.3 Å². The Bertz CT molecular complexity index is 1770. The van der Waals surface area contributed by atoms with Crippen molar-refractivity contribution < 1.29 is 39.0 Å². The standard InChI is InChI=1S/C36H49N7O9/c1-35(2)19-23(20-36(3,4)43(35)50)18-28(45)52-17-16-51-15-5-6-26(44)13-14-27(33(48)49)40-31(46)24-10-7-22(8-11-24)9-12-25-21-38-30-29(39-25)32(47)42-34(37)41-30/h7-8,10-11,21,23,27,50H,5-6,9,12-20H2,1-4H3,(H,40,46)(H,48,49)(H3,37,38,41,42,47). The van der Waals surface area contributed by atoms with Crippen molar-refractivity contribution in [3.05, 3.63) is 57.6 Å². The van der Waals surface area contributed by atoms with Crippen LogP contribution in [0.25, 0.3) is 11.2 Å². The van der Waals surface area contributed by atoms with Gasteiger partial charge >= 0.3 is 11.9 Å². The van der Waals surface area contributed by atoms with Crippen LogP contribution in [0.4, 0.5) is 5.95 Å². The zero-order valence-corrected chi connectivity index (χ0v) is 30.1. The molecule has 1 atom stereocenters. The highest BCUT2D eigenvalue weighted by atomic mass is 16.6. The molecule has 0 bridgehead atoms. The van der Waals surface area contributed by atoms with Gasteiger partial charge in [-0.3, -0.25) is 24.2 Å². The molecule has 0 saturated carbocycles. The molecule has 1 unspecified atom stereocenters. The summed E-state index contributed by atoms with van der Waals surface area (Å²) in [5, 5.41) is 24.0. The second kappa shape index (κ2) is 17.6. The van der Waals surface area contributed by atoms with E-state index in [1.165, 1.54) is 11.3 Å². The first-order valence-electron chi connectivity index (χ1n) is 17.4. The molecule has 1 fully saturated rings. The van der Waals surface area contributed by atoms with Gasteiger partial charge in [-0.15, -0.1) is 0 Å². The number of aliphatic carboxylic acids is 1. The highest BCUT2D eigenvalue weighted by molar-refractivity contribution is 5.96. The fourth-order valence-corrected chi connectivity index (χ4v) is 6.72. The fourth-order valence-electron chi connectivity index (χ4n) is 6.72. The molecule has 1 aromatic carbocycles. The van der Waals surface area contributed by atoms with Crippen molar-refractivity contribution in [1.29, 1.82) is 0 Å². The molecule has 1 saturated heterocycles. The molecule has 1 aliphatic heterocycles. The van der Waals surface area contributed by atoms with Gasteiger partial charge in [0.05, 0.1) is 18.5 Å². The van der Waals surface area contributed by atoms with Gasteiger partial charge < -0.3 is 30.8 Å². The average Bonchev–Trinajstić information content (AvgIpc) is 3.07. The molecule has 0 aliphatic carbocycles. The van der Waals surface area contributed by atoms with E-state index >= 15 is 0 Å². The first-order chi connectivity index (χ1) is 24.5. The Hall–Kier alpha value is -4.80. The Kier molecular flexibility index (Phi) is 13.5. The number of hydrogen-bond donors (Lipinski definition) is 5. The molecular formula is C36H49N7O9. The molecule has 4 rings (SSSR count). The number of amides is 1. The summed E-state index contributed by atoms with van der Waals surface area (Å²) >= 11 is 0. The Morgan fingerprint density at radius 2 is 1.71 bits per heavy atom. The second-order valence-electron chi connectivity index (χ2n) is 14.5. The third-order valence-corrected chi connectivity index (χ3v) is 9.10. The Morgan fingerprint density at radius 3 is 2.38 bits per heavy atom. The highest BCUT2D eigenvalue weighted by Gasteiger charge is 2.45. The highest BCUT2D eigenvalue weighted by Crippen LogP contribution is 2.41. The van der Waals surface area contributed by atoms with Crippen LogP contribution in [-0.2, 0) is 36.7 Å². The summed E-state index contributed by atoms with van der Waals surface area (Å²) in [6.45, 7) is 8.36. The second-order valence-corrected chi connectivity index (χ2v) is 14.5. The van der Waals surface area contributed by atoms with E-state index in [1.807, 2.05) is 27.7 Å². The maximum atomic E-state index is 12.8. The molecule has 3 aromatic rings. The van der Waals surface area contributed by atoms with Crippen molar-refractivity contribution >= 4 is 40.7 Å². The minimum Gasteiger partial charge on any atom is -0.480 e. The molecule has 1 amide bonds. The third-order valence-electron chi connectivity index (χ3n) is 9.10. The summed E-state index contributed by atoms with van der Waals surface area (Å²) in [7, 11) is 0. The molecule has 0 radical (unpaired) electrons. The molecule has 2 aromatic heterocycles. The smallest absolute Gasteiger partial charge is 0.326 e. The lowest BCUT2D eigenvalue weighted by molar-refractivity contribution is -0.251. The van der Waals surface area contributed by atoms with Crippen molar-refractivity contribution in [3.8, 4) is 0 Å². The number of fused-ring (bicyclic) bond motifs is 1. The number of aromatic amines is 1. The van der Waals surface area contributed by atoms with Gasteiger partial charge in [-0.25, -0.2) is 14.8 Å². The Labute approximate surface area is 301 Å². The lowest BCUT2D eigenvalue weighted by atomic mass is 9.74. The number of Topliss-reactive ketones (excluding diaryl/α,β-unsaturated/α-hetero) is 1. The number of nitrogens with one attached hydrogen (secondary N) is 2. The van der Waals surface area contributed by atoms with E-state index in [2.05, 4.69) is 25.3 Å². The van der Waals surface area contributed by atoms with Crippen LogP contribution in [0, 0.1) is 5.92 Å². The van der Waals surface area contributed by atoms with Crippen LogP contribution in [-0.4, -0.2) is 95.9 Å². The number of ether oxygens (including phenoxy) is 2. The van der Waals surface area contributed by atoms with E-state index in [1.54, 1.807) is 24.3 Å². The summed E-state index contributed by atoms with van der Waals surface area (Å²) in [5.41, 5.74) is 6.17. The van der Waals surface area contributed by atoms with Gasteiger partial charge in [0, 0.05) is 42.5 Å². The summed E-state index contributed by atoms with van der Waals surface area (Å²) in [6.07, 6.45) is 4.68. The molecule has 16 nitrogen and oxygen atoms in total. The van der Waals surface area contributed by atoms with Gasteiger partial charge in [-0.05, 0) is 89.8 Å². The lowest BCUT2D eigenvalue weighted by Crippen LogP contribution is -2.59. The van der Waals surface area contributed by atoms with E-state index in [0.717, 1.165) is 5.56 Å². The zero-order chi connectivity index (χ0) is 38.1. The van der Waals surface area contributed by atoms with Crippen LogP contribution in [0.2, 0.25) is 0 Å². The van der Waals surface area contributed by atoms with E-state index in [4.69, 9.17) is 15.2 Å². The minimum absolute atomic E-state index is 0.0242. The molecule has 282 valence electrons. The van der Waals surface area contributed by atoms with Crippen molar-refractivity contribution in [2.24, 2.45) is 5.92 Å². The van der Waals surface area contributed by atoms with Gasteiger partial charge in [0.25, 0.3) is 11.5 Å². The van der Waals surface area contributed by atoms with Gasteiger partial charge in [-0.2, -0.15) is 10.0 Å². The van der Waals surface area contributed by atoms with Gasteiger partial charge in [0.1, 0.15) is 18.4 Å². The number of benzene rings is 1. The molecule has 3 heterocycles. The molecule has 1 aliphatic rings. The zero-order valence-electron chi connectivity index (χ0n) is 30.1. The maximum absolute atomic E-state index is 12.8. The SMILES string of the molecule is CC1(C)CC(CC(=O)OCCOCCCC(=O)CCC(NC(=O)c2ccc(CCc3cnc4nc(N)[nH]c(=O)c4n3)cc2)C(=O)O)CC(C)(C)N1O. The number of ketones is 1. The lowest BCUT2D eigenvalue weighted by Gasteiger charge is -2.51. The number of nitrogens with zero attached hydrogens (tertiary/aromatic N) is 4. The van der Waals surface area contributed by atoms with Crippen LogP contribution in [0.5, 0.6) is 0 Å². The summed E-state index contributed by atoms with van der Waals surface area (Å²) in [4.78, 5) is 76.3. The van der Waals surface area contributed by atoms with Gasteiger partial charge in [-0.1, -0.05) is 12.1 Å². The molecule has 52 heavy (non-hydrogen) atoms. The monoisotopic (exact) mass is 723 g/mol. The van der Waals surface area contributed by atoms with E-state index in [-0.39, 0.29) is 85.9 Å². The first kappa shape index (κ1) is 40.0. The van der Waals surface area contributed by atoms with Gasteiger partial charge in [0.15, 0.2) is 11.2 Å². The molecule has 16 heteroatoms. The van der Waals surface area contributed by atoms with E-state index in [0.29, 0.717) is 37.8 Å². The Morgan fingerprint density at radius 1 is 1.02 bits per heavy atom. The number of piperidine rings is 1. The van der Waals surface area contributed by atoms with Crippen molar-refractivity contribution in [2.45, 2.75) is 103 Å². The van der Waals surface area contributed by atoms with E-state index < -0.39 is 34.6 Å². The topological polar surface area (TPSA) is 240 Å². The Balaban J connectivity index is 1.10. The number of carbonyl (C=O) groups is 4. The number of hydroxylamine groups is 2. The van der Waals surface area contributed by atoms with Crippen LogP contribution < -0.4 is 16.6 Å². The van der Waals surface area contributed by atoms with Crippen LogP contribution in [0.15, 0.2) is 35.3 Å². The normalized spacial score (nSPS) is 16.3. The number of carbonyl (C=O) groups excluding carboxylic acids is 3. The fraction of sp³-hybridized carbons (Fsp3) is 0.556. The maximum Gasteiger partial charge on any atom is 0.326 e. The quantitative estimate of drug-likeness (QED) is 0.0937. The molecule has 6 N–H and O–H groups in total. The number of carboxylic acids is 1. The summed E-state index contributed by atoms with van der Waals surface area (Å²) in [5.74, 6) is -2.22. The molecular weight excluding hydrogens is 674 g/mol. The number of carboxylic acid groups (broad SMARTS) is 1. The predicted molar refractivity (Wildman–Crippen MR) is 189 cm³/mol. The molecule has 0 spiro atoms. The van der Waals surface area contributed by atoms with Crippen molar-refractivity contribution in [2.75, 3.05) is 25.6 Å². The summed E-state index contributed by atoms with van der Waals surface area (Å²) < 4.78 is 10.8. The minimum atomic E-state index is -1.24. The van der Waals surface area contributed by atoms with Crippen molar-refractivity contribution in [3.63, 3.8) is 0 Å². The number of anilines is 1. The number of hydrogen-bond acceptors (Lipinski definition) is 13. The number of nitrogens with two attached hydrogens (primary N) is 1. The number of rotatable bonds is 18. The number of nitrogen functional groups attached to an aromatic ring is 1. The third kappa shape index (κ3) is 11.4. The van der Waals surface area contributed by atoms with Crippen LogP contribution in [0.1, 0.15) is 94.3 Å².